The summed E-state index contributed by atoms with van der Waals surface area (Å²) >= 11 is 0. The Hall–Kier alpha value is -1.69. The van der Waals surface area contributed by atoms with Crippen LogP contribution in [0, 0.1) is 5.92 Å². The number of piperidine rings is 1. The summed E-state index contributed by atoms with van der Waals surface area (Å²) in [5.41, 5.74) is 2.38. The van der Waals surface area contributed by atoms with Gasteiger partial charge in [-0.1, -0.05) is 19.3 Å². The molecule has 2 N–H and O–H groups in total. The lowest BCUT2D eigenvalue weighted by Gasteiger charge is -2.35. The molecule has 1 saturated heterocycles. The van der Waals surface area contributed by atoms with Gasteiger partial charge in [-0.3, -0.25) is 4.79 Å². The number of anilines is 1. The molecular formula is C20H31N5O. The molecule has 0 radical (unpaired) electrons. The van der Waals surface area contributed by atoms with Crippen molar-refractivity contribution < 1.29 is 4.79 Å². The monoisotopic (exact) mass is 357 g/mol. The highest BCUT2D eigenvalue weighted by atomic mass is 16.2. The molecule has 1 atom stereocenters. The summed E-state index contributed by atoms with van der Waals surface area (Å²) in [6, 6.07) is 0. The Morgan fingerprint density at radius 3 is 2.81 bits per heavy atom. The van der Waals surface area contributed by atoms with Gasteiger partial charge in [-0.25, -0.2) is 9.97 Å². The second-order valence-corrected chi connectivity index (χ2v) is 7.99. The summed E-state index contributed by atoms with van der Waals surface area (Å²) in [7, 11) is 1.93. The molecule has 0 spiro atoms. The van der Waals surface area contributed by atoms with Crippen LogP contribution in [0.25, 0.3) is 0 Å². The number of likely N-dealkylation sites (tertiary alicyclic amines) is 1. The number of nitrogens with zero attached hydrogens (tertiary/aromatic N) is 3. The van der Waals surface area contributed by atoms with Crippen molar-refractivity contribution in [1.29, 1.82) is 0 Å². The van der Waals surface area contributed by atoms with E-state index in [1.54, 1.807) is 0 Å². The Morgan fingerprint density at radius 1 is 1.15 bits per heavy atom. The third-order valence-corrected chi connectivity index (χ3v) is 6.24. The molecule has 26 heavy (non-hydrogen) atoms. The fourth-order valence-electron chi connectivity index (χ4n) is 4.75. The lowest BCUT2D eigenvalue weighted by atomic mass is 9.87. The van der Waals surface area contributed by atoms with Crippen molar-refractivity contribution in [3.8, 4) is 0 Å². The maximum absolute atomic E-state index is 13.0. The number of aromatic nitrogens is 2. The van der Waals surface area contributed by atoms with Crippen LogP contribution in [0.5, 0.6) is 0 Å². The summed E-state index contributed by atoms with van der Waals surface area (Å²) in [5, 5.41) is 6.65. The van der Waals surface area contributed by atoms with Gasteiger partial charge in [0.1, 0.15) is 11.6 Å². The number of carbonyl (C=O) groups excluding carboxylic acids is 1. The van der Waals surface area contributed by atoms with Gasteiger partial charge in [-0.05, 0) is 25.7 Å². The molecule has 6 nitrogen and oxygen atoms in total. The predicted molar refractivity (Wildman–Crippen MR) is 102 cm³/mol. The molecule has 3 heterocycles. The Morgan fingerprint density at radius 2 is 2.00 bits per heavy atom. The number of hydrogen-bond acceptors (Lipinski definition) is 5. The number of rotatable bonds is 3. The second kappa shape index (κ2) is 7.91. The normalized spacial score (nSPS) is 24.2. The number of fused-ring (bicyclic) bond motifs is 1. The molecule has 1 saturated carbocycles. The first kappa shape index (κ1) is 17.7. The van der Waals surface area contributed by atoms with Gasteiger partial charge in [0.25, 0.3) is 0 Å². The number of carbonyl (C=O) groups is 1. The predicted octanol–water partition coefficient (Wildman–Crippen LogP) is 2.45. The van der Waals surface area contributed by atoms with Crippen LogP contribution in [0.15, 0.2) is 0 Å². The van der Waals surface area contributed by atoms with E-state index in [2.05, 4.69) is 15.5 Å². The lowest BCUT2D eigenvalue weighted by Crippen LogP contribution is -2.43. The zero-order chi connectivity index (χ0) is 17.9. The van der Waals surface area contributed by atoms with Crippen molar-refractivity contribution in [2.75, 3.05) is 32.0 Å². The third-order valence-electron chi connectivity index (χ3n) is 6.24. The maximum atomic E-state index is 13.0. The van der Waals surface area contributed by atoms with Gasteiger partial charge in [-0.2, -0.15) is 0 Å². The smallest absolute Gasteiger partial charge is 0.225 e. The summed E-state index contributed by atoms with van der Waals surface area (Å²) in [5.74, 6) is 2.78. The topological polar surface area (TPSA) is 70.2 Å². The van der Waals surface area contributed by atoms with Crippen LogP contribution in [-0.2, 0) is 17.8 Å². The molecule has 142 valence electrons. The molecule has 3 aliphatic rings. The van der Waals surface area contributed by atoms with Gasteiger partial charge in [0.05, 0.1) is 5.69 Å². The zero-order valence-electron chi connectivity index (χ0n) is 15.9. The molecule has 4 rings (SSSR count). The Labute approximate surface area is 156 Å². The van der Waals surface area contributed by atoms with Crippen LogP contribution in [0.3, 0.4) is 0 Å². The first-order chi connectivity index (χ1) is 12.8. The number of hydrogen-bond donors (Lipinski definition) is 2. The molecule has 2 fully saturated rings. The zero-order valence-corrected chi connectivity index (χ0v) is 15.9. The molecule has 0 bridgehead atoms. The molecule has 1 amide bonds. The van der Waals surface area contributed by atoms with E-state index in [4.69, 9.17) is 9.97 Å². The van der Waals surface area contributed by atoms with Crippen LogP contribution < -0.4 is 10.6 Å². The highest BCUT2D eigenvalue weighted by Gasteiger charge is 2.32. The Bertz CT molecular complexity index is 639. The minimum atomic E-state index is 0.255. The quantitative estimate of drug-likeness (QED) is 0.870. The first-order valence-corrected chi connectivity index (χ1v) is 10.3. The van der Waals surface area contributed by atoms with Crippen molar-refractivity contribution in [3.05, 3.63) is 17.1 Å². The van der Waals surface area contributed by atoms with Gasteiger partial charge in [0.2, 0.25) is 5.91 Å². The highest BCUT2D eigenvalue weighted by molar-refractivity contribution is 5.79. The van der Waals surface area contributed by atoms with E-state index >= 15 is 0 Å². The maximum Gasteiger partial charge on any atom is 0.225 e. The molecular weight excluding hydrogens is 326 g/mol. The highest BCUT2D eigenvalue weighted by Crippen LogP contribution is 2.31. The molecule has 2 aliphatic heterocycles. The number of amides is 1. The van der Waals surface area contributed by atoms with E-state index in [0.29, 0.717) is 5.91 Å². The van der Waals surface area contributed by atoms with Gasteiger partial charge >= 0.3 is 0 Å². The second-order valence-electron chi connectivity index (χ2n) is 7.99. The average molecular weight is 358 g/mol. The molecule has 0 aromatic carbocycles. The van der Waals surface area contributed by atoms with Gasteiger partial charge in [0.15, 0.2) is 0 Å². The van der Waals surface area contributed by atoms with Crippen LogP contribution in [0.1, 0.15) is 67.9 Å². The fraction of sp³-hybridized carbons (Fsp3) is 0.750. The van der Waals surface area contributed by atoms with Gasteiger partial charge < -0.3 is 15.5 Å². The molecule has 1 aromatic rings. The molecule has 0 unspecified atom stereocenters. The van der Waals surface area contributed by atoms with Crippen molar-refractivity contribution in [1.82, 2.24) is 20.2 Å². The Kier molecular flexibility index (Phi) is 5.38. The minimum Gasteiger partial charge on any atom is -0.373 e. The average Bonchev–Trinajstić information content (AvgIpc) is 2.73. The van der Waals surface area contributed by atoms with Crippen LogP contribution in [-0.4, -0.2) is 47.5 Å². The molecule has 6 heteroatoms. The van der Waals surface area contributed by atoms with Crippen molar-refractivity contribution >= 4 is 11.7 Å². The van der Waals surface area contributed by atoms with Gasteiger partial charge in [-0.15, -0.1) is 0 Å². The van der Waals surface area contributed by atoms with Crippen LogP contribution in [0.4, 0.5) is 5.82 Å². The van der Waals surface area contributed by atoms with Crippen molar-refractivity contribution in [2.24, 2.45) is 5.92 Å². The van der Waals surface area contributed by atoms with Gasteiger partial charge in [0, 0.05) is 57.0 Å². The summed E-state index contributed by atoms with van der Waals surface area (Å²) < 4.78 is 0. The fourth-order valence-corrected chi connectivity index (χ4v) is 4.75. The summed E-state index contributed by atoms with van der Waals surface area (Å²) in [6.45, 7) is 3.50. The van der Waals surface area contributed by atoms with E-state index in [0.717, 1.165) is 69.9 Å². The number of nitrogens with one attached hydrogen (secondary N) is 2. The van der Waals surface area contributed by atoms with E-state index in [1.165, 1.54) is 30.5 Å². The molecule has 1 aliphatic carbocycles. The van der Waals surface area contributed by atoms with E-state index in [1.807, 2.05) is 7.05 Å². The third kappa shape index (κ3) is 3.56. The molecule has 1 aromatic heterocycles. The minimum absolute atomic E-state index is 0.255. The largest absolute Gasteiger partial charge is 0.373 e. The first-order valence-electron chi connectivity index (χ1n) is 10.3. The SMILES string of the molecule is CNc1nc([C@@H]2CCCN(C(=O)C3CCCCC3)C2)nc2c1CNCC2. The Balaban J connectivity index is 1.51. The van der Waals surface area contributed by atoms with Crippen LogP contribution >= 0.6 is 0 Å². The van der Waals surface area contributed by atoms with Crippen molar-refractivity contribution in [3.63, 3.8) is 0 Å². The summed E-state index contributed by atoms with van der Waals surface area (Å²) in [4.78, 5) is 24.8. The van der Waals surface area contributed by atoms with E-state index in [-0.39, 0.29) is 11.8 Å². The summed E-state index contributed by atoms with van der Waals surface area (Å²) in [6.07, 6.45) is 8.95. The van der Waals surface area contributed by atoms with E-state index in [9.17, 15) is 4.79 Å². The van der Waals surface area contributed by atoms with Crippen molar-refractivity contribution in [2.45, 2.75) is 63.8 Å². The van der Waals surface area contributed by atoms with E-state index < -0.39 is 0 Å². The van der Waals surface area contributed by atoms with Crippen LogP contribution in [0.2, 0.25) is 0 Å². The standard InChI is InChI=1S/C20H31N5O/c1-21-19-16-12-22-10-9-17(16)23-18(24-19)15-8-5-11-25(13-15)20(26)14-6-3-2-4-7-14/h14-15,22H,2-13H2,1H3,(H,21,23,24)/t15-/m1/s1. The lowest BCUT2D eigenvalue weighted by molar-refractivity contribution is -0.137.